The van der Waals surface area contributed by atoms with Crippen molar-refractivity contribution >= 4 is 0 Å². The molecule has 2 aliphatic rings. The Kier molecular flexibility index (Phi) is 6.10. The number of hydrogen-bond acceptors (Lipinski definition) is 0. The highest BCUT2D eigenvalue weighted by molar-refractivity contribution is 4.70. The molecule has 0 N–H and O–H groups in total. The number of likely N-dealkylation sites (tertiary alicyclic amines) is 2. The Labute approximate surface area is 128 Å². The van der Waals surface area contributed by atoms with Gasteiger partial charge in [0, 0.05) is 23.7 Å². The van der Waals surface area contributed by atoms with E-state index in [1.165, 1.54) is 48.0 Å². The van der Waals surface area contributed by atoms with Gasteiger partial charge >= 0.3 is 0 Å². The molecule has 120 valence electrons. The van der Waals surface area contributed by atoms with Gasteiger partial charge in [-0.25, -0.2) is 0 Å². The van der Waals surface area contributed by atoms with Crippen molar-refractivity contribution in [2.75, 3.05) is 54.4 Å². The number of nitrogens with zero attached hydrogens (tertiary/aromatic N) is 2. The normalized spacial score (nSPS) is 38.4. The van der Waals surface area contributed by atoms with Gasteiger partial charge in [-0.2, -0.15) is 0 Å². The van der Waals surface area contributed by atoms with E-state index in [-0.39, 0.29) is 0 Å². The van der Waals surface area contributed by atoms with E-state index in [0.29, 0.717) is 0 Å². The standard InChI is InChI=1S/2C9H20N/c2*1-5-9-7-10(3,4)6-8(9)2/h2*8-9H,5-7H2,1-4H3/q2*+1. The quantitative estimate of drug-likeness (QED) is 0.681. The maximum atomic E-state index is 2.39. The monoisotopic (exact) mass is 284 g/mol. The van der Waals surface area contributed by atoms with Gasteiger partial charge in [-0.05, 0) is 12.8 Å². The van der Waals surface area contributed by atoms with Crippen molar-refractivity contribution in [1.29, 1.82) is 0 Å². The second kappa shape index (κ2) is 6.79. The van der Waals surface area contributed by atoms with Crippen molar-refractivity contribution in [3.63, 3.8) is 0 Å². The van der Waals surface area contributed by atoms with E-state index in [1.54, 1.807) is 0 Å². The van der Waals surface area contributed by atoms with E-state index in [1.807, 2.05) is 0 Å². The second-order valence-electron chi connectivity index (χ2n) is 8.89. The minimum absolute atomic E-state index is 0.944. The molecule has 4 unspecified atom stereocenters. The molecule has 0 aromatic carbocycles. The van der Waals surface area contributed by atoms with Crippen LogP contribution in [0.4, 0.5) is 0 Å². The van der Waals surface area contributed by atoms with Crippen LogP contribution in [0.1, 0.15) is 40.5 Å². The fourth-order valence-corrected chi connectivity index (χ4v) is 4.70. The largest absolute Gasteiger partial charge is 0.328 e. The Morgan fingerprint density at radius 1 is 0.650 bits per heavy atom. The summed E-state index contributed by atoms with van der Waals surface area (Å²) in [6, 6.07) is 0. The molecule has 0 aliphatic carbocycles. The van der Waals surface area contributed by atoms with Gasteiger partial charge in [0.05, 0.1) is 54.4 Å². The van der Waals surface area contributed by atoms with Gasteiger partial charge in [0.1, 0.15) is 0 Å². The van der Waals surface area contributed by atoms with E-state index < -0.39 is 0 Å². The van der Waals surface area contributed by atoms with Crippen molar-refractivity contribution < 1.29 is 8.97 Å². The maximum absolute atomic E-state index is 2.39. The molecule has 0 radical (unpaired) electrons. The van der Waals surface area contributed by atoms with Gasteiger partial charge in [-0.15, -0.1) is 0 Å². The first kappa shape index (κ1) is 18.0. The molecule has 0 saturated carbocycles. The van der Waals surface area contributed by atoms with Gasteiger partial charge < -0.3 is 8.97 Å². The molecule has 2 aliphatic heterocycles. The first-order valence-electron chi connectivity index (χ1n) is 8.74. The topological polar surface area (TPSA) is 0 Å². The maximum Gasteiger partial charge on any atom is 0.0815 e. The summed E-state index contributed by atoms with van der Waals surface area (Å²) >= 11 is 0. The van der Waals surface area contributed by atoms with Gasteiger partial charge in [0.2, 0.25) is 0 Å². The molecule has 2 rings (SSSR count). The third kappa shape index (κ3) is 5.04. The summed E-state index contributed by atoms with van der Waals surface area (Å²) in [4.78, 5) is 0. The van der Waals surface area contributed by atoms with Crippen molar-refractivity contribution in [1.82, 2.24) is 0 Å². The van der Waals surface area contributed by atoms with Crippen LogP contribution in [0.25, 0.3) is 0 Å². The van der Waals surface area contributed by atoms with E-state index in [9.17, 15) is 0 Å². The van der Waals surface area contributed by atoms with Crippen molar-refractivity contribution in [3.05, 3.63) is 0 Å². The molecule has 0 aromatic heterocycles. The molecule has 4 atom stereocenters. The lowest BCUT2D eigenvalue weighted by Crippen LogP contribution is -2.36. The van der Waals surface area contributed by atoms with Crippen LogP contribution in [0.3, 0.4) is 0 Å². The summed E-state index contributed by atoms with van der Waals surface area (Å²) in [6.07, 6.45) is 2.73. The van der Waals surface area contributed by atoms with Gasteiger partial charge in [0.25, 0.3) is 0 Å². The second-order valence-corrected chi connectivity index (χ2v) is 8.89. The van der Waals surface area contributed by atoms with E-state index in [0.717, 1.165) is 23.7 Å². The first-order valence-corrected chi connectivity index (χ1v) is 8.74. The van der Waals surface area contributed by atoms with E-state index in [2.05, 4.69) is 55.9 Å². The molecule has 2 heterocycles. The van der Waals surface area contributed by atoms with Crippen LogP contribution in [-0.4, -0.2) is 63.3 Å². The minimum Gasteiger partial charge on any atom is -0.328 e. The third-order valence-corrected chi connectivity index (χ3v) is 5.68. The summed E-state index contributed by atoms with van der Waals surface area (Å²) in [5, 5.41) is 0. The summed E-state index contributed by atoms with van der Waals surface area (Å²) in [5.41, 5.74) is 0. The number of hydrogen-bond donors (Lipinski definition) is 0. The summed E-state index contributed by atoms with van der Waals surface area (Å²) in [5.74, 6) is 3.85. The summed E-state index contributed by atoms with van der Waals surface area (Å²) in [6.45, 7) is 14.9. The van der Waals surface area contributed by atoms with Crippen molar-refractivity contribution in [2.45, 2.75) is 40.5 Å². The van der Waals surface area contributed by atoms with Crippen LogP contribution in [0.2, 0.25) is 0 Å². The van der Waals surface area contributed by atoms with Gasteiger partial charge in [-0.3, -0.25) is 0 Å². The van der Waals surface area contributed by atoms with Crippen molar-refractivity contribution in [2.24, 2.45) is 23.7 Å². The van der Waals surface area contributed by atoms with Crippen LogP contribution in [0.15, 0.2) is 0 Å². The Bertz CT molecular complexity index is 266. The fraction of sp³-hybridized carbons (Fsp3) is 1.00. The zero-order valence-corrected chi connectivity index (χ0v) is 15.4. The van der Waals surface area contributed by atoms with Crippen LogP contribution >= 0.6 is 0 Å². The molecule has 0 aromatic rings. The Morgan fingerprint density at radius 2 is 0.950 bits per heavy atom. The zero-order valence-electron chi connectivity index (χ0n) is 15.4. The smallest absolute Gasteiger partial charge is 0.0815 e. The Morgan fingerprint density at radius 3 is 1.05 bits per heavy atom. The number of rotatable bonds is 2. The lowest BCUT2D eigenvalue weighted by atomic mass is 9.96. The summed E-state index contributed by atoms with van der Waals surface area (Å²) in [7, 11) is 9.36. The van der Waals surface area contributed by atoms with E-state index >= 15 is 0 Å². The van der Waals surface area contributed by atoms with Crippen LogP contribution in [-0.2, 0) is 0 Å². The molecule has 0 spiro atoms. The number of quaternary nitrogens is 2. The zero-order chi connectivity index (χ0) is 15.6. The first-order chi connectivity index (χ1) is 9.10. The average Bonchev–Trinajstić information content (AvgIpc) is 2.73. The Balaban J connectivity index is 0.000000200. The lowest BCUT2D eigenvalue weighted by Gasteiger charge is -2.23. The third-order valence-electron chi connectivity index (χ3n) is 5.68. The predicted octanol–water partition coefficient (Wildman–Crippen LogP) is 3.48. The highest BCUT2D eigenvalue weighted by Gasteiger charge is 2.36. The lowest BCUT2D eigenvalue weighted by molar-refractivity contribution is -0.880. The molecule has 2 saturated heterocycles. The molecular formula is C18H40N2+2. The molecule has 2 heteroatoms. The van der Waals surface area contributed by atoms with Gasteiger partial charge in [-0.1, -0.05) is 27.7 Å². The van der Waals surface area contributed by atoms with E-state index in [4.69, 9.17) is 0 Å². The van der Waals surface area contributed by atoms with Crippen LogP contribution < -0.4 is 0 Å². The highest BCUT2D eigenvalue weighted by Crippen LogP contribution is 2.29. The molecule has 20 heavy (non-hydrogen) atoms. The summed E-state index contributed by atoms with van der Waals surface area (Å²) < 4.78 is 2.47. The molecule has 0 amide bonds. The Hall–Kier alpha value is -0.0800. The van der Waals surface area contributed by atoms with Gasteiger partial charge in [0.15, 0.2) is 0 Å². The molecular weight excluding hydrogens is 244 g/mol. The molecule has 0 bridgehead atoms. The molecule has 2 nitrogen and oxygen atoms in total. The van der Waals surface area contributed by atoms with Crippen LogP contribution in [0, 0.1) is 23.7 Å². The van der Waals surface area contributed by atoms with Crippen LogP contribution in [0.5, 0.6) is 0 Å². The fourth-order valence-electron chi connectivity index (χ4n) is 4.70. The SMILES string of the molecule is CCC1C[N+](C)(C)CC1C.CCC1C[N+](C)(C)CC1C. The predicted molar refractivity (Wildman–Crippen MR) is 89.6 cm³/mol. The highest BCUT2D eigenvalue weighted by atomic mass is 15.3. The van der Waals surface area contributed by atoms with Crippen molar-refractivity contribution in [3.8, 4) is 0 Å². The minimum atomic E-state index is 0.944. The average molecular weight is 285 g/mol. The molecule has 2 fully saturated rings.